The summed E-state index contributed by atoms with van der Waals surface area (Å²) in [5.74, 6) is 0.537. The van der Waals surface area contributed by atoms with E-state index in [1.165, 1.54) is 7.11 Å². The molecule has 8 nitrogen and oxygen atoms in total. The summed E-state index contributed by atoms with van der Waals surface area (Å²) in [5, 5.41) is 18.1. The van der Waals surface area contributed by atoms with E-state index in [0.29, 0.717) is 34.2 Å². The third kappa shape index (κ3) is 3.40. The molecular weight excluding hydrogens is 336 g/mol. The SMILES string of the molecule is COC(=O)Cc1nc2c(CO)cccn2c1N=Nc1ccccc1OC. The molecule has 0 bridgehead atoms. The van der Waals surface area contributed by atoms with E-state index in [0.717, 1.165) is 0 Å². The van der Waals surface area contributed by atoms with Crippen LogP contribution in [0.5, 0.6) is 5.75 Å². The number of fused-ring (bicyclic) bond motifs is 1. The maximum Gasteiger partial charge on any atom is 0.311 e. The van der Waals surface area contributed by atoms with Crippen LogP contribution in [-0.2, 0) is 22.6 Å². The second-order valence-corrected chi connectivity index (χ2v) is 5.39. The normalized spacial score (nSPS) is 11.2. The van der Waals surface area contributed by atoms with Crippen molar-refractivity contribution in [3.63, 3.8) is 0 Å². The van der Waals surface area contributed by atoms with Gasteiger partial charge in [-0.3, -0.25) is 9.20 Å². The van der Waals surface area contributed by atoms with Gasteiger partial charge < -0.3 is 14.6 Å². The minimum Gasteiger partial charge on any atom is -0.494 e. The number of hydrogen-bond donors (Lipinski definition) is 1. The summed E-state index contributed by atoms with van der Waals surface area (Å²) in [5.41, 5.74) is 2.10. The summed E-state index contributed by atoms with van der Waals surface area (Å²) in [6.45, 7) is -0.178. The lowest BCUT2D eigenvalue weighted by molar-refractivity contribution is -0.139. The molecule has 3 aromatic rings. The Bertz CT molecular complexity index is 965. The average molecular weight is 354 g/mol. The number of hydrogen-bond acceptors (Lipinski definition) is 7. The van der Waals surface area contributed by atoms with Crippen LogP contribution in [-0.4, -0.2) is 34.7 Å². The first-order chi connectivity index (χ1) is 12.7. The minimum atomic E-state index is -0.437. The van der Waals surface area contributed by atoms with Crippen molar-refractivity contribution in [2.45, 2.75) is 13.0 Å². The van der Waals surface area contributed by atoms with Crippen LogP contribution in [0.4, 0.5) is 11.5 Å². The summed E-state index contributed by atoms with van der Waals surface area (Å²) in [6.07, 6.45) is 1.70. The third-order valence-electron chi connectivity index (χ3n) is 3.82. The molecular formula is C18H18N4O4. The standard InChI is InChI=1S/C18H18N4O4/c1-25-15-8-4-3-7-13(15)20-21-18-14(10-16(24)26-2)19-17-12(11-23)6-5-9-22(17)18/h3-9,23H,10-11H2,1-2H3. The number of carbonyl (C=O) groups excluding carboxylic acids is 1. The fourth-order valence-corrected chi connectivity index (χ4v) is 2.53. The van der Waals surface area contributed by atoms with Gasteiger partial charge in [0, 0.05) is 11.8 Å². The second-order valence-electron chi connectivity index (χ2n) is 5.39. The van der Waals surface area contributed by atoms with E-state index in [2.05, 4.69) is 15.2 Å². The molecule has 0 aliphatic carbocycles. The number of rotatable bonds is 6. The highest BCUT2D eigenvalue weighted by Crippen LogP contribution is 2.30. The summed E-state index contributed by atoms with van der Waals surface area (Å²) in [6, 6.07) is 10.7. The number of imidazole rings is 1. The van der Waals surface area contributed by atoms with Crippen LogP contribution in [0.3, 0.4) is 0 Å². The van der Waals surface area contributed by atoms with Gasteiger partial charge in [-0.25, -0.2) is 4.98 Å². The fourth-order valence-electron chi connectivity index (χ4n) is 2.53. The van der Waals surface area contributed by atoms with Crippen molar-refractivity contribution in [2.24, 2.45) is 10.2 Å². The van der Waals surface area contributed by atoms with E-state index in [4.69, 9.17) is 9.47 Å². The smallest absolute Gasteiger partial charge is 0.311 e. The van der Waals surface area contributed by atoms with E-state index in [-0.39, 0.29) is 13.0 Å². The van der Waals surface area contributed by atoms with E-state index >= 15 is 0 Å². The minimum absolute atomic E-state index is 0.0523. The molecule has 2 aromatic heterocycles. The van der Waals surface area contributed by atoms with E-state index in [1.54, 1.807) is 42.0 Å². The predicted molar refractivity (Wildman–Crippen MR) is 94.0 cm³/mol. The van der Waals surface area contributed by atoms with Gasteiger partial charge in [-0.05, 0) is 18.2 Å². The molecule has 1 N–H and O–H groups in total. The lowest BCUT2D eigenvalue weighted by atomic mass is 10.3. The van der Waals surface area contributed by atoms with Crippen molar-refractivity contribution in [3.05, 3.63) is 53.9 Å². The van der Waals surface area contributed by atoms with E-state index < -0.39 is 5.97 Å². The van der Waals surface area contributed by atoms with Gasteiger partial charge in [0.1, 0.15) is 17.1 Å². The van der Waals surface area contributed by atoms with E-state index in [9.17, 15) is 9.90 Å². The first-order valence-electron chi connectivity index (χ1n) is 7.89. The maximum atomic E-state index is 11.7. The Balaban J connectivity index is 2.11. The van der Waals surface area contributed by atoms with E-state index in [1.807, 2.05) is 12.1 Å². The Morgan fingerprint density at radius 2 is 2.00 bits per heavy atom. The first kappa shape index (κ1) is 17.6. The van der Waals surface area contributed by atoms with Gasteiger partial charge in [-0.2, -0.15) is 0 Å². The molecule has 0 saturated carbocycles. The van der Waals surface area contributed by atoms with Crippen LogP contribution < -0.4 is 4.74 Å². The number of methoxy groups -OCH3 is 2. The second kappa shape index (κ2) is 7.75. The Morgan fingerprint density at radius 3 is 2.73 bits per heavy atom. The summed E-state index contributed by atoms with van der Waals surface area (Å²) in [4.78, 5) is 16.2. The number of pyridine rings is 1. The van der Waals surface area contributed by atoms with Gasteiger partial charge in [-0.1, -0.05) is 18.2 Å². The molecule has 0 amide bonds. The highest BCUT2D eigenvalue weighted by Gasteiger charge is 2.17. The number of aliphatic hydroxyl groups excluding tert-OH is 1. The number of aliphatic hydroxyl groups is 1. The zero-order valence-electron chi connectivity index (χ0n) is 14.4. The summed E-state index contributed by atoms with van der Waals surface area (Å²) in [7, 11) is 2.87. The highest BCUT2D eigenvalue weighted by atomic mass is 16.5. The highest BCUT2D eigenvalue weighted by molar-refractivity contribution is 5.74. The quantitative estimate of drug-likeness (QED) is 0.542. The third-order valence-corrected chi connectivity index (χ3v) is 3.82. The number of azo groups is 1. The Hall–Kier alpha value is -3.26. The molecule has 0 atom stereocenters. The number of para-hydroxylation sites is 1. The maximum absolute atomic E-state index is 11.7. The Morgan fingerprint density at radius 1 is 1.19 bits per heavy atom. The number of carbonyl (C=O) groups is 1. The monoisotopic (exact) mass is 354 g/mol. The number of benzene rings is 1. The molecule has 2 heterocycles. The van der Waals surface area contributed by atoms with Gasteiger partial charge in [0.2, 0.25) is 0 Å². The number of ether oxygens (including phenoxy) is 2. The Kier molecular flexibility index (Phi) is 5.23. The van der Waals surface area contributed by atoms with Crippen LogP contribution >= 0.6 is 0 Å². The zero-order chi connectivity index (χ0) is 18.5. The Labute approximate surface area is 149 Å². The molecule has 0 aliphatic rings. The summed E-state index contributed by atoms with van der Waals surface area (Å²) >= 11 is 0. The molecule has 0 radical (unpaired) electrons. The zero-order valence-corrected chi connectivity index (χ0v) is 14.4. The fraction of sp³-hybridized carbons (Fsp3) is 0.222. The van der Waals surface area contributed by atoms with Gasteiger partial charge in [0.25, 0.3) is 0 Å². The molecule has 0 saturated heterocycles. The van der Waals surface area contributed by atoms with Crippen molar-refractivity contribution in [3.8, 4) is 5.75 Å². The molecule has 3 rings (SSSR count). The molecule has 8 heteroatoms. The lowest BCUT2D eigenvalue weighted by Gasteiger charge is -2.03. The van der Waals surface area contributed by atoms with Crippen LogP contribution in [0.2, 0.25) is 0 Å². The van der Waals surface area contributed by atoms with Gasteiger partial charge in [0.05, 0.1) is 32.9 Å². The lowest BCUT2D eigenvalue weighted by Crippen LogP contribution is -2.04. The first-order valence-corrected chi connectivity index (χ1v) is 7.89. The van der Waals surface area contributed by atoms with Gasteiger partial charge in [0.15, 0.2) is 5.82 Å². The van der Waals surface area contributed by atoms with Gasteiger partial charge >= 0.3 is 5.97 Å². The summed E-state index contributed by atoms with van der Waals surface area (Å²) < 4.78 is 11.7. The molecule has 26 heavy (non-hydrogen) atoms. The van der Waals surface area contributed by atoms with Crippen molar-refractivity contribution >= 4 is 23.1 Å². The molecule has 0 aliphatic heterocycles. The number of esters is 1. The van der Waals surface area contributed by atoms with Crippen molar-refractivity contribution in [2.75, 3.05) is 14.2 Å². The molecule has 0 fully saturated rings. The van der Waals surface area contributed by atoms with Crippen molar-refractivity contribution < 1.29 is 19.4 Å². The topological polar surface area (TPSA) is 97.8 Å². The van der Waals surface area contributed by atoms with Crippen molar-refractivity contribution in [1.82, 2.24) is 9.38 Å². The van der Waals surface area contributed by atoms with Gasteiger partial charge in [-0.15, -0.1) is 10.2 Å². The number of nitrogens with zero attached hydrogens (tertiary/aromatic N) is 4. The van der Waals surface area contributed by atoms with Crippen LogP contribution in [0.1, 0.15) is 11.3 Å². The molecule has 1 aromatic carbocycles. The molecule has 0 spiro atoms. The average Bonchev–Trinajstić information content (AvgIpc) is 3.03. The predicted octanol–water partition coefficient (Wildman–Crippen LogP) is 2.97. The largest absolute Gasteiger partial charge is 0.494 e. The molecule has 134 valence electrons. The van der Waals surface area contributed by atoms with Crippen LogP contribution in [0, 0.1) is 0 Å². The number of aromatic nitrogens is 2. The molecule has 0 unspecified atom stereocenters. The van der Waals surface area contributed by atoms with Crippen LogP contribution in [0.25, 0.3) is 5.65 Å². The van der Waals surface area contributed by atoms with Crippen molar-refractivity contribution in [1.29, 1.82) is 0 Å². The van der Waals surface area contributed by atoms with Crippen LogP contribution in [0.15, 0.2) is 52.8 Å².